The van der Waals surface area contributed by atoms with E-state index in [1.807, 2.05) is 0 Å². The summed E-state index contributed by atoms with van der Waals surface area (Å²) in [6, 6.07) is 6.31. The second kappa shape index (κ2) is 3.59. The second-order valence-electron chi connectivity index (χ2n) is 2.61. The summed E-state index contributed by atoms with van der Waals surface area (Å²) in [5.74, 6) is 0. The van der Waals surface area contributed by atoms with Crippen molar-refractivity contribution in [1.82, 2.24) is 14.8 Å². The summed E-state index contributed by atoms with van der Waals surface area (Å²) in [6.45, 7) is 0. The Kier molecular flexibility index (Phi) is 2.28. The highest BCUT2D eigenvalue weighted by atomic mass is 35.5. The normalized spacial score (nSPS) is 10.1. The van der Waals surface area contributed by atoms with Gasteiger partial charge in [0.1, 0.15) is 5.15 Å². The third kappa shape index (κ3) is 1.65. The largest absolute Gasteiger partial charge is 0.271 e. The number of aromatic nitrogens is 3. The van der Waals surface area contributed by atoms with Gasteiger partial charge in [0, 0.05) is 12.3 Å². The first-order valence-electron chi connectivity index (χ1n) is 3.94. The SMILES string of the molecule is O=c1cccnn1-c1ccc(Cl)nc1. The lowest BCUT2D eigenvalue weighted by Gasteiger charge is -2.01. The summed E-state index contributed by atoms with van der Waals surface area (Å²) >= 11 is 5.62. The van der Waals surface area contributed by atoms with Crippen LogP contribution in [0.25, 0.3) is 5.69 Å². The first kappa shape index (κ1) is 8.90. The van der Waals surface area contributed by atoms with Gasteiger partial charge in [-0.1, -0.05) is 11.6 Å². The van der Waals surface area contributed by atoms with Gasteiger partial charge in [0.2, 0.25) is 0 Å². The van der Waals surface area contributed by atoms with Crippen molar-refractivity contribution in [2.24, 2.45) is 0 Å². The molecule has 0 bridgehead atoms. The van der Waals surface area contributed by atoms with Crippen LogP contribution in [0.3, 0.4) is 0 Å². The summed E-state index contributed by atoms with van der Waals surface area (Å²) in [4.78, 5) is 15.2. The van der Waals surface area contributed by atoms with E-state index >= 15 is 0 Å². The molecule has 0 fully saturated rings. The predicted octanol–water partition coefficient (Wildman–Crippen LogP) is 1.28. The van der Waals surface area contributed by atoms with Crippen LogP contribution in [0.4, 0.5) is 0 Å². The molecule has 0 aliphatic carbocycles. The maximum Gasteiger partial charge on any atom is 0.271 e. The number of halogens is 1. The molecule has 0 spiro atoms. The van der Waals surface area contributed by atoms with Crippen LogP contribution in [0.2, 0.25) is 5.15 Å². The van der Waals surface area contributed by atoms with Gasteiger partial charge in [-0.15, -0.1) is 0 Å². The first-order chi connectivity index (χ1) is 6.77. The maximum atomic E-state index is 11.3. The molecule has 2 aromatic rings. The number of hydrogen-bond acceptors (Lipinski definition) is 3. The minimum absolute atomic E-state index is 0.198. The van der Waals surface area contributed by atoms with Gasteiger partial charge in [-0.25, -0.2) is 4.98 Å². The Bertz CT molecular complexity index is 492. The fourth-order valence-corrected chi connectivity index (χ4v) is 1.16. The lowest BCUT2D eigenvalue weighted by Crippen LogP contribution is -2.19. The Labute approximate surface area is 84.8 Å². The molecule has 70 valence electrons. The van der Waals surface area contributed by atoms with E-state index in [0.29, 0.717) is 10.8 Å². The van der Waals surface area contributed by atoms with Gasteiger partial charge < -0.3 is 0 Å². The average molecular weight is 208 g/mol. The fourth-order valence-electron chi connectivity index (χ4n) is 1.05. The van der Waals surface area contributed by atoms with Gasteiger partial charge in [0.05, 0.1) is 11.9 Å². The smallest absolute Gasteiger partial charge is 0.267 e. The van der Waals surface area contributed by atoms with E-state index in [1.54, 1.807) is 18.2 Å². The Morgan fingerprint density at radius 2 is 2.14 bits per heavy atom. The van der Waals surface area contributed by atoms with E-state index in [4.69, 9.17) is 11.6 Å². The highest BCUT2D eigenvalue weighted by Crippen LogP contribution is 2.06. The number of pyridine rings is 1. The van der Waals surface area contributed by atoms with E-state index in [-0.39, 0.29) is 5.56 Å². The highest BCUT2D eigenvalue weighted by molar-refractivity contribution is 6.29. The minimum Gasteiger partial charge on any atom is -0.267 e. The molecule has 0 aromatic carbocycles. The van der Waals surface area contributed by atoms with Crippen molar-refractivity contribution in [2.45, 2.75) is 0 Å². The Balaban J connectivity index is 2.56. The molecule has 0 radical (unpaired) electrons. The molecule has 0 N–H and O–H groups in total. The van der Waals surface area contributed by atoms with E-state index in [2.05, 4.69) is 10.1 Å². The molecule has 0 atom stereocenters. The van der Waals surface area contributed by atoms with Crippen LogP contribution >= 0.6 is 11.6 Å². The molecule has 14 heavy (non-hydrogen) atoms. The number of hydrogen-bond donors (Lipinski definition) is 0. The van der Waals surface area contributed by atoms with Crippen LogP contribution in [0.1, 0.15) is 0 Å². The van der Waals surface area contributed by atoms with Crippen LogP contribution in [0.5, 0.6) is 0 Å². The van der Waals surface area contributed by atoms with Crippen molar-refractivity contribution >= 4 is 11.6 Å². The standard InChI is InChI=1S/C9H6ClN3O/c10-8-4-3-7(6-11-8)13-9(14)2-1-5-12-13/h1-6H. The summed E-state index contributed by atoms with van der Waals surface area (Å²) in [6.07, 6.45) is 3.03. The topological polar surface area (TPSA) is 47.8 Å². The van der Waals surface area contributed by atoms with Gasteiger partial charge in [-0.2, -0.15) is 9.78 Å². The molecule has 4 nitrogen and oxygen atoms in total. The Hall–Kier alpha value is -1.68. The van der Waals surface area contributed by atoms with Gasteiger partial charge in [0.15, 0.2) is 0 Å². The van der Waals surface area contributed by atoms with Gasteiger partial charge >= 0.3 is 0 Å². The summed E-state index contributed by atoms with van der Waals surface area (Å²) < 4.78 is 1.25. The zero-order valence-corrected chi connectivity index (χ0v) is 7.85. The molecule has 5 heteroatoms. The lowest BCUT2D eigenvalue weighted by molar-refractivity contribution is 0.802. The zero-order valence-electron chi connectivity index (χ0n) is 7.09. The van der Waals surface area contributed by atoms with Crippen LogP contribution in [0.15, 0.2) is 41.5 Å². The van der Waals surface area contributed by atoms with Crippen LogP contribution in [-0.4, -0.2) is 14.8 Å². The van der Waals surface area contributed by atoms with Crippen molar-refractivity contribution in [1.29, 1.82) is 0 Å². The molecular weight excluding hydrogens is 202 g/mol. The minimum atomic E-state index is -0.198. The van der Waals surface area contributed by atoms with E-state index in [9.17, 15) is 4.79 Å². The van der Waals surface area contributed by atoms with Crippen LogP contribution in [-0.2, 0) is 0 Å². The quantitative estimate of drug-likeness (QED) is 0.662. The second-order valence-corrected chi connectivity index (χ2v) is 3.00. The molecule has 0 aliphatic heterocycles. The van der Waals surface area contributed by atoms with Crippen LogP contribution in [0, 0.1) is 0 Å². The highest BCUT2D eigenvalue weighted by Gasteiger charge is 1.99. The third-order valence-electron chi connectivity index (χ3n) is 1.67. The Morgan fingerprint density at radius 1 is 1.29 bits per heavy atom. The van der Waals surface area contributed by atoms with Crippen LogP contribution < -0.4 is 5.56 Å². The average Bonchev–Trinajstić information content (AvgIpc) is 2.20. The summed E-state index contributed by atoms with van der Waals surface area (Å²) in [5.41, 5.74) is 0.400. The zero-order chi connectivity index (χ0) is 9.97. The summed E-state index contributed by atoms with van der Waals surface area (Å²) in [5, 5.41) is 4.29. The summed E-state index contributed by atoms with van der Waals surface area (Å²) in [7, 11) is 0. The van der Waals surface area contributed by atoms with Crippen molar-refractivity contribution < 1.29 is 0 Å². The van der Waals surface area contributed by atoms with Gasteiger partial charge in [-0.3, -0.25) is 4.79 Å². The van der Waals surface area contributed by atoms with Crippen molar-refractivity contribution in [3.05, 3.63) is 52.2 Å². The van der Waals surface area contributed by atoms with Gasteiger partial charge in [0.25, 0.3) is 5.56 Å². The monoisotopic (exact) mass is 207 g/mol. The molecule has 0 aliphatic rings. The first-order valence-corrected chi connectivity index (χ1v) is 4.31. The van der Waals surface area contributed by atoms with Gasteiger partial charge in [-0.05, 0) is 18.2 Å². The maximum absolute atomic E-state index is 11.3. The van der Waals surface area contributed by atoms with Crippen molar-refractivity contribution in [3.63, 3.8) is 0 Å². The predicted molar refractivity (Wildman–Crippen MR) is 52.6 cm³/mol. The van der Waals surface area contributed by atoms with E-state index in [0.717, 1.165) is 0 Å². The Morgan fingerprint density at radius 3 is 2.79 bits per heavy atom. The van der Waals surface area contributed by atoms with E-state index in [1.165, 1.54) is 23.1 Å². The van der Waals surface area contributed by atoms with Crippen molar-refractivity contribution in [2.75, 3.05) is 0 Å². The molecule has 0 amide bonds. The molecule has 2 rings (SSSR count). The lowest BCUT2D eigenvalue weighted by atomic mass is 10.4. The molecular formula is C9H6ClN3O. The molecule has 0 unspecified atom stereocenters. The van der Waals surface area contributed by atoms with Crippen molar-refractivity contribution in [3.8, 4) is 5.69 Å². The molecule has 2 heterocycles. The fraction of sp³-hybridized carbons (Fsp3) is 0. The number of nitrogens with zero attached hydrogens (tertiary/aromatic N) is 3. The molecule has 0 saturated carbocycles. The number of rotatable bonds is 1. The molecule has 0 saturated heterocycles. The third-order valence-corrected chi connectivity index (χ3v) is 1.90. The molecule has 2 aromatic heterocycles. The van der Waals surface area contributed by atoms with E-state index < -0.39 is 0 Å².